The molecular formula is C22H24FN5O4. The molecule has 4 heterocycles. The van der Waals surface area contributed by atoms with E-state index in [1.807, 2.05) is 6.92 Å². The van der Waals surface area contributed by atoms with Crippen molar-refractivity contribution in [3.8, 4) is 0 Å². The van der Waals surface area contributed by atoms with Crippen molar-refractivity contribution in [1.29, 1.82) is 0 Å². The number of halogens is 1. The van der Waals surface area contributed by atoms with Crippen LogP contribution in [0.1, 0.15) is 63.2 Å². The number of aliphatic imine (C=N–C) groups is 1. The molecule has 32 heavy (non-hydrogen) atoms. The number of aromatic nitrogens is 2. The minimum absolute atomic E-state index is 0.181. The Morgan fingerprint density at radius 2 is 2.00 bits per heavy atom. The molecule has 1 saturated carbocycles. The molecule has 1 aromatic heterocycles. The molecule has 3 aliphatic heterocycles. The lowest BCUT2D eigenvalue weighted by atomic mass is 9.97. The van der Waals surface area contributed by atoms with Crippen LogP contribution in [0.3, 0.4) is 0 Å². The summed E-state index contributed by atoms with van der Waals surface area (Å²) in [5, 5.41) is 14.8. The van der Waals surface area contributed by atoms with E-state index in [9.17, 15) is 14.3 Å². The minimum atomic E-state index is -1.10. The molecule has 6 rings (SSSR count). The van der Waals surface area contributed by atoms with Crippen molar-refractivity contribution in [3.05, 3.63) is 35.7 Å². The second-order valence-corrected chi connectivity index (χ2v) is 9.19. The van der Waals surface area contributed by atoms with Crippen LogP contribution in [0, 0.1) is 5.82 Å². The number of anilines is 2. The number of ether oxygens (including phenoxy) is 1. The van der Waals surface area contributed by atoms with Gasteiger partial charge in [-0.05, 0) is 63.6 Å². The third kappa shape index (κ3) is 2.75. The van der Waals surface area contributed by atoms with Crippen LogP contribution in [0.5, 0.6) is 0 Å². The Kier molecular flexibility index (Phi) is 4.22. The fourth-order valence-electron chi connectivity index (χ4n) is 5.42. The summed E-state index contributed by atoms with van der Waals surface area (Å²) >= 11 is 0. The third-order valence-electron chi connectivity index (χ3n) is 7.09. The van der Waals surface area contributed by atoms with Crippen molar-refractivity contribution < 1.29 is 23.6 Å². The maximum atomic E-state index is 14.2. The van der Waals surface area contributed by atoms with Crippen LogP contribution in [-0.4, -0.2) is 45.9 Å². The number of rotatable bonds is 3. The van der Waals surface area contributed by atoms with Gasteiger partial charge in [0.25, 0.3) is 11.8 Å². The first-order valence-corrected chi connectivity index (χ1v) is 11.1. The average Bonchev–Trinajstić information content (AvgIpc) is 3.54. The highest BCUT2D eigenvalue weighted by molar-refractivity contribution is 6.12. The Morgan fingerprint density at radius 1 is 1.19 bits per heavy atom. The smallest absolute Gasteiger partial charge is 0.255 e. The SMILES string of the molecule is CC1(N2C(=O)C3C(c4nc(C5(O)CCCC5)no4)N=CN3c3ccc(F)cc32)CCCO1. The monoisotopic (exact) mass is 441 g/mol. The summed E-state index contributed by atoms with van der Waals surface area (Å²) in [4.78, 5) is 26.1. The number of carbonyl (C=O) groups is 1. The van der Waals surface area contributed by atoms with Gasteiger partial charge in [-0.1, -0.05) is 5.16 Å². The van der Waals surface area contributed by atoms with Crippen LogP contribution in [0.4, 0.5) is 15.8 Å². The molecule has 1 amide bonds. The van der Waals surface area contributed by atoms with E-state index >= 15 is 0 Å². The molecule has 2 aromatic rings. The van der Waals surface area contributed by atoms with E-state index in [1.165, 1.54) is 12.1 Å². The maximum absolute atomic E-state index is 14.2. The molecule has 10 heteroatoms. The van der Waals surface area contributed by atoms with Crippen molar-refractivity contribution in [3.63, 3.8) is 0 Å². The number of benzene rings is 1. The lowest BCUT2D eigenvalue weighted by molar-refractivity contribution is -0.125. The van der Waals surface area contributed by atoms with Crippen LogP contribution in [0.2, 0.25) is 0 Å². The molecule has 0 bridgehead atoms. The fourth-order valence-corrected chi connectivity index (χ4v) is 5.42. The number of hydrogen-bond acceptors (Lipinski definition) is 8. The van der Waals surface area contributed by atoms with E-state index in [0.717, 1.165) is 19.3 Å². The summed E-state index contributed by atoms with van der Waals surface area (Å²) in [7, 11) is 0. The highest BCUT2D eigenvalue weighted by Crippen LogP contribution is 2.47. The molecular weight excluding hydrogens is 417 g/mol. The first kappa shape index (κ1) is 19.8. The zero-order valence-electron chi connectivity index (χ0n) is 17.7. The molecule has 4 aliphatic rings. The van der Waals surface area contributed by atoms with Crippen molar-refractivity contribution >= 4 is 23.6 Å². The van der Waals surface area contributed by atoms with Crippen LogP contribution >= 0.6 is 0 Å². The van der Waals surface area contributed by atoms with Gasteiger partial charge in [0.1, 0.15) is 23.2 Å². The van der Waals surface area contributed by atoms with Gasteiger partial charge < -0.3 is 19.3 Å². The van der Waals surface area contributed by atoms with Gasteiger partial charge in [0.05, 0.1) is 17.7 Å². The topological polar surface area (TPSA) is 104 Å². The second kappa shape index (κ2) is 6.82. The Hall–Kier alpha value is -2.85. The summed E-state index contributed by atoms with van der Waals surface area (Å²) in [6.45, 7) is 2.39. The number of amides is 1. The second-order valence-electron chi connectivity index (χ2n) is 9.19. The first-order chi connectivity index (χ1) is 15.4. The molecule has 168 valence electrons. The third-order valence-corrected chi connectivity index (χ3v) is 7.09. The highest BCUT2D eigenvalue weighted by Gasteiger charge is 2.53. The van der Waals surface area contributed by atoms with Crippen molar-refractivity contribution in [2.24, 2.45) is 4.99 Å². The quantitative estimate of drug-likeness (QED) is 0.781. The van der Waals surface area contributed by atoms with E-state index in [-0.39, 0.29) is 17.6 Å². The normalized spacial score (nSPS) is 30.8. The van der Waals surface area contributed by atoms with Gasteiger partial charge in [-0.15, -0.1) is 0 Å². The fraction of sp³-hybridized carbons (Fsp3) is 0.545. The molecule has 1 aliphatic carbocycles. The van der Waals surface area contributed by atoms with Gasteiger partial charge in [-0.25, -0.2) is 4.39 Å². The maximum Gasteiger partial charge on any atom is 0.255 e. The number of fused-ring (bicyclic) bond motifs is 3. The largest absolute Gasteiger partial charge is 0.382 e. The Labute approximate surface area is 183 Å². The van der Waals surface area contributed by atoms with E-state index in [2.05, 4.69) is 15.1 Å². The molecule has 2 fully saturated rings. The summed E-state index contributed by atoms with van der Waals surface area (Å²) in [5.41, 5.74) is -0.859. The van der Waals surface area contributed by atoms with E-state index < -0.39 is 29.2 Å². The van der Waals surface area contributed by atoms with Crippen molar-refractivity contribution in [2.45, 2.75) is 68.9 Å². The van der Waals surface area contributed by atoms with E-state index in [1.54, 1.807) is 22.2 Å². The Balaban J connectivity index is 1.41. The Morgan fingerprint density at radius 3 is 2.75 bits per heavy atom. The summed E-state index contributed by atoms with van der Waals surface area (Å²) in [6, 6.07) is 2.87. The van der Waals surface area contributed by atoms with Crippen LogP contribution in [0.15, 0.2) is 27.7 Å². The van der Waals surface area contributed by atoms with Gasteiger partial charge in [0, 0.05) is 6.61 Å². The minimum Gasteiger partial charge on any atom is -0.382 e. The van der Waals surface area contributed by atoms with E-state index in [4.69, 9.17) is 9.26 Å². The predicted molar refractivity (Wildman–Crippen MR) is 112 cm³/mol. The first-order valence-electron chi connectivity index (χ1n) is 11.1. The summed E-state index contributed by atoms with van der Waals surface area (Å²) < 4.78 is 25.6. The lowest BCUT2D eigenvalue weighted by Crippen LogP contribution is -2.60. The molecule has 1 saturated heterocycles. The van der Waals surface area contributed by atoms with Crippen LogP contribution < -0.4 is 9.80 Å². The molecule has 1 N–H and O–H groups in total. The lowest BCUT2D eigenvalue weighted by Gasteiger charge is -2.45. The highest BCUT2D eigenvalue weighted by atomic mass is 19.1. The standard InChI is InChI=1S/C22H24FN5O4/c1-21(7-4-10-31-21)28-15-11-13(23)5-6-14(15)27-12-24-16(17(27)19(28)29)18-25-20(26-32-18)22(30)8-2-3-9-22/h5-6,11-12,16-17,30H,2-4,7-10H2,1H3. The molecule has 1 aromatic carbocycles. The summed E-state index contributed by atoms with van der Waals surface area (Å²) in [6.07, 6.45) is 5.98. The predicted octanol–water partition coefficient (Wildman–Crippen LogP) is 2.80. The number of carbonyl (C=O) groups excluding carboxylic acids is 1. The molecule has 9 nitrogen and oxygen atoms in total. The molecule has 0 radical (unpaired) electrons. The average molecular weight is 441 g/mol. The molecule has 3 atom stereocenters. The number of aliphatic hydroxyl groups is 1. The number of nitrogens with zero attached hydrogens (tertiary/aromatic N) is 5. The number of hydrogen-bond donors (Lipinski definition) is 1. The van der Waals surface area contributed by atoms with Crippen molar-refractivity contribution in [1.82, 2.24) is 10.1 Å². The van der Waals surface area contributed by atoms with Gasteiger partial charge in [0.2, 0.25) is 5.82 Å². The van der Waals surface area contributed by atoms with Crippen LogP contribution in [0.25, 0.3) is 0 Å². The van der Waals surface area contributed by atoms with Gasteiger partial charge in [0.15, 0.2) is 6.04 Å². The van der Waals surface area contributed by atoms with Gasteiger partial charge >= 0.3 is 0 Å². The zero-order chi connectivity index (χ0) is 22.1. The van der Waals surface area contributed by atoms with Crippen LogP contribution in [-0.2, 0) is 15.1 Å². The Bertz CT molecular complexity index is 1110. The molecule has 0 spiro atoms. The molecule has 3 unspecified atom stereocenters. The van der Waals surface area contributed by atoms with Gasteiger partial charge in [-0.3, -0.25) is 14.7 Å². The van der Waals surface area contributed by atoms with Crippen molar-refractivity contribution in [2.75, 3.05) is 16.4 Å². The summed E-state index contributed by atoms with van der Waals surface area (Å²) in [5.74, 6) is -0.275. The zero-order valence-corrected chi connectivity index (χ0v) is 17.7. The van der Waals surface area contributed by atoms with Gasteiger partial charge in [-0.2, -0.15) is 4.98 Å². The van der Waals surface area contributed by atoms with E-state index in [0.29, 0.717) is 37.2 Å².